The zero-order valence-corrected chi connectivity index (χ0v) is 17.3. The van der Waals surface area contributed by atoms with Gasteiger partial charge in [0, 0.05) is 30.2 Å². The predicted octanol–water partition coefficient (Wildman–Crippen LogP) is 4.65. The van der Waals surface area contributed by atoms with Gasteiger partial charge in [0.2, 0.25) is 11.8 Å². The number of anilines is 3. The maximum atomic E-state index is 12.9. The Bertz CT molecular complexity index is 910. The van der Waals surface area contributed by atoms with Gasteiger partial charge < -0.3 is 15.5 Å². The van der Waals surface area contributed by atoms with Crippen LogP contribution < -0.4 is 15.5 Å². The summed E-state index contributed by atoms with van der Waals surface area (Å²) in [5.41, 5.74) is 3.82. The highest BCUT2D eigenvalue weighted by Gasteiger charge is 2.56. The quantitative estimate of drug-likeness (QED) is 0.729. The molecule has 152 valence electrons. The summed E-state index contributed by atoms with van der Waals surface area (Å²) in [6.45, 7) is 6.13. The number of amides is 2. The van der Waals surface area contributed by atoms with Gasteiger partial charge in [-0.25, -0.2) is 0 Å². The Morgan fingerprint density at radius 2 is 1.52 bits per heavy atom. The van der Waals surface area contributed by atoms with Crippen LogP contribution in [0, 0.1) is 19.3 Å². The first kappa shape index (κ1) is 19.5. The molecule has 4 rings (SSSR count). The first-order chi connectivity index (χ1) is 14.0. The fraction of sp³-hybridized carbons (Fsp3) is 0.417. The molecule has 0 atom stereocenters. The van der Waals surface area contributed by atoms with Crippen LogP contribution in [0.5, 0.6) is 0 Å². The number of benzene rings is 2. The van der Waals surface area contributed by atoms with Crippen LogP contribution in [-0.2, 0) is 9.59 Å². The van der Waals surface area contributed by atoms with E-state index in [1.54, 1.807) is 0 Å². The van der Waals surface area contributed by atoms with Crippen LogP contribution in [-0.4, -0.2) is 24.9 Å². The molecular formula is C24H29N3O2. The molecule has 5 heteroatoms. The smallest absolute Gasteiger partial charge is 0.240 e. The van der Waals surface area contributed by atoms with Gasteiger partial charge in [0.05, 0.1) is 0 Å². The Kier molecular flexibility index (Phi) is 5.31. The van der Waals surface area contributed by atoms with Gasteiger partial charge in [0.1, 0.15) is 5.41 Å². The molecule has 2 aromatic rings. The molecule has 2 fully saturated rings. The van der Waals surface area contributed by atoms with Gasteiger partial charge in [-0.15, -0.1) is 0 Å². The molecule has 0 unspecified atom stereocenters. The highest BCUT2D eigenvalue weighted by atomic mass is 16.2. The van der Waals surface area contributed by atoms with E-state index < -0.39 is 5.41 Å². The number of carbonyl (C=O) groups is 2. The summed E-state index contributed by atoms with van der Waals surface area (Å²) in [6.07, 6.45) is 4.94. The van der Waals surface area contributed by atoms with E-state index in [9.17, 15) is 9.59 Å². The zero-order valence-electron chi connectivity index (χ0n) is 17.3. The van der Waals surface area contributed by atoms with E-state index in [4.69, 9.17) is 0 Å². The van der Waals surface area contributed by atoms with Crippen molar-refractivity contribution >= 4 is 28.9 Å². The number of rotatable bonds is 5. The summed E-state index contributed by atoms with van der Waals surface area (Å²) in [4.78, 5) is 28.1. The molecule has 2 aliphatic rings. The third-order valence-corrected chi connectivity index (χ3v) is 6.11. The molecule has 29 heavy (non-hydrogen) atoms. The Hall–Kier alpha value is -2.82. The molecule has 0 radical (unpaired) electrons. The van der Waals surface area contributed by atoms with E-state index in [0.29, 0.717) is 12.8 Å². The number of hydrogen-bond acceptors (Lipinski definition) is 3. The average Bonchev–Trinajstić information content (AvgIpc) is 3.54. The van der Waals surface area contributed by atoms with Crippen LogP contribution in [0.15, 0.2) is 42.5 Å². The van der Waals surface area contributed by atoms with E-state index in [1.807, 2.05) is 44.2 Å². The number of carbonyl (C=O) groups excluding carboxylic acids is 2. The summed E-state index contributed by atoms with van der Waals surface area (Å²) in [5, 5.41) is 5.92. The minimum atomic E-state index is -0.957. The average molecular weight is 392 g/mol. The Balaban J connectivity index is 1.41. The second kappa shape index (κ2) is 7.90. The molecule has 2 N–H and O–H groups in total. The Labute approximate surface area is 172 Å². The summed E-state index contributed by atoms with van der Waals surface area (Å²) < 4.78 is 0. The van der Waals surface area contributed by atoms with E-state index in [0.717, 1.165) is 35.6 Å². The topological polar surface area (TPSA) is 61.4 Å². The van der Waals surface area contributed by atoms with Crippen molar-refractivity contribution in [2.24, 2.45) is 5.41 Å². The van der Waals surface area contributed by atoms with E-state index in [1.165, 1.54) is 24.9 Å². The summed E-state index contributed by atoms with van der Waals surface area (Å²) >= 11 is 0. The third kappa shape index (κ3) is 4.14. The summed E-state index contributed by atoms with van der Waals surface area (Å²) in [6, 6.07) is 13.9. The van der Waals surface area contributed by atoms with E-state index in [-0.39, 0.29) is 11.8 Å². The minimum absolute atomic E-state index is 0.214. The lowest BCUT2D eigenvalue weighted by Crippen LogP contribution is -2.35. The molecule has 1 saturated carbocycles. The molecule has 2 amide bonds. The highest BCUT2D eigenvalue weighted by Crippen LogP contribution is 2.47. The third-order valence-electron chi connectivity index (χ3n) is 6.11. The molecule has 1 aliphatic carbocycles. The van der Waals surface area contributed by atoms with Crippen molar-refractivity contribution in [2.75, 3.05) is 28.6 Å². The standard InChI is InChI=1S/C24H29N3O2/c1-17-6-7-18(2)21(16-17)26-23(29)24(12-13-24)22(28)25-19-8-10-20(11-9-19)27-14-4-3-5-15-27/h6-11,16H,3-5,12-15H2,1-2H3,(H,25,28)(H,26,29). The maximum absolute atomic E-state index is 12.9. The van der Waals surface area contributed by atoms with Gasteiger partial charge in [0.25, 0.3) is 0 Å². The number of aryl methyl sites for hydroxylation is 2. The molecule has 2 aromatic carbocycles. The fourth-order valence-corrected chi connectivity index (χ4v) is 3.95. The SMILES string of the molecule is Cc1ccc(C)c(NC(=O)C2(C(=O)Nc3ccc(N4CCCCC4)cc3)CC2)c1. The molecule has 1 heterocycles. The lowest BCUT2D eigenvalue weighted by atomic mass is 10.0. The van der Waals surface area contributed by atoms with E-state index >= 15 is 0 Å². The molecule has 1 aliphatic heterocycles. The lowest BCUT2D eigenvalue weighted by molar-refractivity contribution is -0.131. The van der Waals surface area contributed by atoms with Crippen LogP contribution in [0.3, 0.4) is 0 Å². The van der Waals surface area contributed by atoms with Crippen molar-refractivity contribution < 1.29 is 9.59 Å². The maximum Gasteiger partial charge on any atom is 0.240 e. The van der Waals surface area contributed by atoms with E-state index in [2.05, 4.69) is 27.7 Å². The van der Waals surface area contributed by atoms with Crippen LogP contribution in [0.4, 0.5) is 17.1 Å². The summed E-state index contributed by atoms with van der Waals surface area (Å²) in [5.74, 6) is -0.431. The van der Waals surface area contributed by atoms with Gasteiger partial charge in [-0.2, -0.15) is 0 Å². The van der Waals surface area contributed by atoms with Gasteiger partial charge in [-0.1, -0.05) is 12.1 Å². The number of nitrogens with one attached hydrogen (secondary N) is 2. The molecule has 0 spiro atoms. The van der Waals surface area contributed by atoms with Crippen molar-refractivity contribution in [2.45, 2.75) is 46.0 Å². The van der Waals surface area contributed by atoms with Crippen molar-refractivity contribution in [1.29, 1.82) is 0 Å². The van der Waals surface area contributed by atoms with Crippen molar-refractivity contribution in [1.82, 2.24) is 0 Å². The molecule has 0 bridgehead atoms. The van der Waals surface area contributed by atoms with Crippen molar-refractivity contribution in [3.05, 3.63) is 53.6 Å². The van der Waals surface area contributed by atoms with Crippen LogP contribution in [0.1, 0.15) is 43.2 Å². The van der Waals surface area contributed by atoms with Crippen LogP contribution in [0.25, 0.3) is 0 Å². The van der Waals surface area contributed by atoms with Crippen LogP contribution >= 0.6 is 0 Å². The number of hydrogen-bond donors (Lipinski definition) is 2. The van der Waals surface area contributed by atoms with Gasteiger partial charge in [-0.05, 0) is 87.4 Å². The zero-order chi connectivity index (χ0) is 20.4. The molecule has 0 aromatic heterocycles. The first-order valence-electron chi connectivity index (χ1n) is 10.5. The van der Waals surface area contributed by atoms with Gasteiger partial charge in [0.15, 0.2) is 0 Å². The second-order valence-electron chi connectivity index (χ2n) is 8.40. The Morgan fingerprint density at radius 1 is 0.862 bits per heavy atom. The van der Waals surface area contributed by atoms with Gasteiger partial charge in [-0.3, -0.25) is 9.59 Å². The predicted molar refractivity (Wildman–Crippen MR) is 117 cm³/mol. The molecule has 5 nitrogen and oxygen atoms in total. The highest BCUT2D eigenvalue weighted by molar-refractivity contribution is 6.17. The Morgan fingerprint density at radius 3 is 2.17 bits per heavy atom. The normalized spacial score (nSPS) is 17.5. The number of piperidine rings is 1. The van der Waals surface area contributed by atoms with Crippen LogP contribution in [0.2, 0.25) is 0 Å². The van der Waals surface area contributed by atoms with Gasteiger partial charge >= 0.3 is 0 Å². The number of nitrogens with zero attached hydrogens (tertiary/aromatic N) is 1. The second-order valence-corrected chi connectivity index (χ2v) is 8.40. The monoisotopic (exact) mass is 391 g/mol. The molecular weight excluding hydrogens is 362 g/mol. The minimum Gasteiger partial charge on any atom is -0.372 e. The fourth-order valence-electron chi connectivity index (χ4n) is 3.95. The largest absolute Gasteiger partial charge is 0.372 e. The first-order valence-corrected chi connectivity index (χ1v) is 10.5. The lowest BCUT2D eigenvalue weighted by Gasteiger charge is -2.28. The van der Waals surface area contributed by atoms with Crippen molar-refractivity contribution in [3.63, 3.8) is 0 Å². The summed E-state index contributed by atoms with van der Waals surface area (Å²) in [7, 11) is 0. The molecule has 1 saturated heterocycles. The van der Waals surface area contributed by atoms with Crippen molar-refractivity contribution in [3.8, 4) is 0 Å².